The van der Waals surface area contributed by atoms with Crippen LogP contribution in [0, 0.1) is 13.8 Å². The maximum Gasteiger partial charge on any atom is 0.159 e. The van der Waals surface area contributed by atoms with Crippen molar-refractivity contribution in [3.05, 3.63) is 59.7 Å². The summed E-state index contributed by atoms with van der Waals surface area (Å²) in [6.45, 7) is 3.66. The molecule has 0 fully saturated rings. The first-order chi connectivity index (χ1) is 13.8. The Kier molecular flexibility index (Phi) is 2.49. The summed E-state index contributed by atoms with van der Waals surface area (Å²) < 4.78 is 30.4. The highest BCUT2D eigenvalue weighted by atomic mass is 16.3. The second kappa shape index (κ2) is 5.24. The normalized spacial score (nSPS) is 18.9. The van der Waals surface area contributed by atoms with Crippen LogP contribution in [-0.2, 0) is 0 Å². The van der Waals surface area contributed by atoms with Gasteiger partial charge in [-0.25, -0.2) is 4.98 Å². The van der Waals surface area contributed by atoms with Crippen LogP contribution in [0.2, 0.25) is 0 Å². The Morgan fingerprint density at radius 3 is 2.73 bits per heavy atom. The lowest BCUT2D eigenvalue weighted by molar-refractivity contribution is 0.668. The Bertz CT molecular complexity index is 1260. The molecule has 3 heterocycles. The van der Waals surface area contributed by atoms with E-state index < -0.39 is 13.1 Å². The zero-order valence-corrected chi connectivity index (χ0v) is 14.9. The van der Waals surface area contributed by atoms with Crippen LogP contribution < -0.4 is 9.80 Å². The quantitative estimate of drug-likeness (QED) is 0.453. The molecule has 1 atom stereocenters. The van der Waals surface area contributed by atoms with Gasteiger partial charge < -0.3 is 14.2 Å². The zero-order valence-electron chi connectivity index (χ0n) is 17.9. The van der Waals surface area contributed by atoms with Gasteiger partial charge in [0.15, 0.2) is 11.4 Å². The van der Waals surface area contributed by atoms with Crippen molar-refractivity contribution < 1.29 is 8.53 Å². The van der Waals surface area contributed by atoms with Crippen molar-refractivity contribution in [2.24, 2.45) is 0 Å². The van der Waals surface area contributed by atoms with E-state index in [9.17, 15) is 0 Å². The van der Waals surface area contributed by atoms with Crippen LogP contribution >= 0.6 is 0 Å². The fourth-order valence-corrected chi connectivity index (χ4v) is 3.76. The molecular weight excluding hydrogens is 322 g/mol. The number of anilines is 3. The van der Waals surface area contributed by atoms with Gasteiger partial charge in [0.2, 0.25) is 0 Å². The number of furan rings is 1. The van der Waals surface area contributed by atoms with E-state index in [0.717, 1.165) is 33.3 Å². The van der Waals surface area contributed by atoms with E-state index in [1.165, 1.54) is 4.90 Å². The molecule has 2 aromatic heterocycles. The van der Waals surface area contributed by atoms with Gasteiger partial charge in [-0.05, 0) is 50.1 Å². The Labute approximate surface area is 156 Å². The molecule has 4 heteroatoms. The van der Waals surface area contributed by atoms with E-state index in [1.807, 2.05) is 56.0 Å². The second-order valence-corrected chi connectivity index (χ2v) is 6.94. The molecular formula is C22H21N3O. The smallest absolute Gasteiger partial charge is 0.159 e. The van der Waals surface area contributed by atoms with E-state index >= 15 is 0 Å². The first kappa shape index (κ1) is 12.4. The molecule has 4 nitrogen and oxygen atoms in total. The number of nitrogens with zero attached hydrogens (tertiary/aromatic N) is 3. The molecule has 0 unspecified atom stereocenters. The van der Waals surface area contributed by atoms with Gasteiger partial charge in [-0.3, -0.25) is 0 Å². The molecule has 130 valence electrons. The molecule has 1 aliphatic rings. The monoisotopic (exact) mass is 346 g/mol. The van der Waals surface area contributed by atoms with Crippen LogP contribution in [0.15, 0.2) is 52.9 Å². The first-order valence-electron chi connectivity index (χ1n) is 10.2. The Morgan fingerprint density at radius 2 is 1.88 bits per heavy atom. The van der Waals surface area contributed by atoms with E-state index in [1.54, 1.807) is 0 Å². The number of para-hydroxylation sites is 1. The van der Waals surface area contributed by atoms with Gasteiger partial charge in [-0.2, -0.15) is 0 Å². The Morgan fingerprint density at radius 1 is 1.04 bits per heavy atom. The van der Waals surface area contributed by atoms with Gasteiger partial charge in [-0.15, -0.1) is 0 Å². The lowest BCUT2D eigenvalue weighted by Gasteiger charge is -2.28. The van der Waals surface area contributed by atoms with Crippen LogP contribution in [0.4, 0.5) is 17.2 Å². The van der Waals surface area contributed by atoms with Gasteiger partial charge in [0.05, 0.1) is 5.69 Å². The van der Waals surface area contributed by atoms with Gasteiger partial charge >= 0.3 is 0 Å². The van der Waals surface area contributed by atoms with Gasteiger partial charge in [-0.1, -0.05) is 24.3 Å². The van der Waals surface area contributed by atoms with Crippen molar-refractivity contribution in [3.8, 4) is 0 Å². The van der Waals surface area contributed by atoms with Crippen LogP contribution in [0.5, 0.6) is 0 Å². The van der Waals surface area contributed by atoms with E-state index in [-0.39, 0.29) is 0 Å². The highest BCUT2D eigenvalue weighted by Gasteiger charge is 2.34. The largest absolute Gasteiger partial charge is 0.454 e. The third-order valence-electron chi connectivity index (χ3n) is 5.17. The molecule has 0 amide bonds. The summed E-state index contributed by atoms with van der Waals surface area (Å²) in [6.07, 6.45) is -0.414. The average molecular weight is 346 g/mol. The Balaban J connectivity index is 1.83. The minimum atomic E-state index is -2.30. The zero-order chi connectivity index (χ0) is 20.5. The second-order valence-electron chi connectivity index (χ2n) is 6.94. The fourth-order valence-electron chi connectivity index (χ4n) is 3.76. The summed E-state index contributed by atoms with van der Waals surface area (Å²) in [5.41, 5.74) is 5.78. The van der Waals surface area contributed by atoms with Crippen LogP contribution in [0.25, 0.3) is 22.1 Å². The van der Waals surface area contributed by atoms with Crippen molar-refractivity contribution in [2.75, 3.05) is 16.8 Å². The molecule has 0 radical (unpaired) electrons. The number of hydrogen-bond donors (Lipinski definition) is 0. The average Bonchev–Trinajstić information content (AvgIpc) is 3.15. The van der Waals surface area contributed by atoms with Crippen molar-refractivity contribution in [1.29, 1.82) is 0 Å². The molecule has 4 aromatic rings. The van der Waals surface area contributed by atoms with E-state index in [0.29, 0.717) is 17.1 Å². The summed E-state index contributed by atoms with van der Waals surface area (Å²) in [7, 11) is 0. The van der Waals surface area contributed by atoms with E-state index in [4.69, 9.17) is 13.5 Å². The number of benzene rings is 2. The number of pyridine rings is 1. The predicted octanol–water partition coefficient (Wildman–Crippen LogP) is 5.53. The molecule has 0 saturated heterocycles. The topological polar surface area (TPSA) is 32.5 Å². The van der Waals surface area contributed by atoms with Crippen molar-refractivity contribution in [3.63, 3.8) is 0 Å². The van der Waals surface area contributed by atoms with Gasteiger partial charge in [0.1, 0.15) is 17.3 Å². The van der Waals surface area contributed by atoms with Crippen LogP contribution in [0.3, 0.4) is 0 Å². The highest BCUT2D eigenvalue weighted by molar-refractivity contribution is 6.05. The molecule has 0 N–H and O–H groups in total. The molecule has 2 aromatic carbocycles. The molecule has 0 spiro atoms. The number of aromatic nitrogens is 1. The molecule has 1 aliphatic heterocycles. The minimum absolute atomic E-state index is 0.414. The Hall–Kier alpha value is -3.01. The highest BCUT2D eigenvalue weighted by Crippen LogP contribution is 2.45. The third-order valence-corrected chi connectivity index (χ3v) is 5.17. The summed E-state index contributed by atoms with van der Waals surface area (Å²) in [5, 5.41) is 0.922. The van der Waals surface area contributed by atoms with Crippen molar-refractivity contribution in [1.82, 2.24) is 4.98 Å². The summed E-state index contributed by atoms with van der Waals surface area (Å²) in [6, 6.07) is 15.7. The summed E-state index contributed by atoms with van der Waals surface area (Å²) in [4.78, 5) is 8.39. The minimum Gasteiger partial charge on any atom is -0.454 e. The van der Waals surface area contributed by atoms with Crippen molar-refractivity contribution >= 4 is 39.3 Å². The maximum atomic E-state index is 8.13. The molecule has 5 rings (SSSR count). The molecule has 0 saturated carbocycles. The number of rotatable bonds is 1. The van der Waals surface area contributed by atoms with Crippen molar-refractivity contribution in [2.45, 2.75) is 26.9 Å². The number of aryl methyl sites for hydroxylation is 2. The number of hydrogen-bond acceptors (Lipinski definition) is 4. The maximum absolute atomic E-state index is 8.13. The lowest BCUT2D eigenvalue weighted by atomic mass is 10.1. The number of fused-ring (bicyclic) bond motifs is 4. The summed E-state index contributed by atoms with van der Waals surface area (Å²) in [5.74, 6) is 0.640. The van der Waals surface area contributed by atoms with Gasteiger partial charge in [0.25, 0.3) is 0 Å². The molecule has 0 aliphatic carbocycles. The first-order valence-corrected chi connectivity index (χ1v) is 8.74. The van der Waals surface area contributed by atoms with Crippen LogP contribution in [0.1, 0.15) is 22.2 Å². The molecule has 26 heavy (non-hydrogen) atoms. The lowest BCUT2D eigenvalue weighted by Crippen LogP contribution is -2.36. The third kappa shape index (κ3) is 1.99. The predicted molar refractivity (Wildman–Crippen MR) is 107 cm³/mol. The standard InChI is InChI=1S/C22H21N3O/c1-13-9-10-14(2)17(11-13)25-15(3)24(4)18-12-20-21(23-22(18)25)16-7-5-6-8-19(16)26-20/h5-12,15H,1-4H3/t15-/m0/s1/i4D3. The SMILES string of the molecule is [2H]C([2H])([2H])N1c2cc3oc4ccccc4c3nc2N(c2cc(C)ccc2C)[C@H]1C. The van der Waals surface area contributed by atoms with Gasteiger partial charge in [0, 0.05) is 28.2 Å². The molecule has 0 bridgehead atoms. The van der Waals surface area contributed by atoms with E-state index in [2.05, 4.69) is 18.2 Å². The van der Waals surface area contributed by atoms with Crippen LogP contribution in [-0.4, -0.2) is 18.1 Å². The summed E-state index contributed by atoms with van der Waals surface area (Å²) >= 11 is 0. The fraction of sp³-hybridized carbons (Fsp3) is 0.227.